The van der Waals surface area contributed by atoms with Crippen molar-refractivity contribution >= 4 is 23.3 Å². The zero-order valence-corrected chi connectivity index (χ0v) is 15.8. The van der Waals surface area contributed by atoms with Gasteiger partial charge in [0.2, 0.25) is 0 Å². The summed E-state index contributed by atoms with van der Waals surface area (Å²) in [4.78, 5) is 14.1. The van der Waals surface area contributed by atoms with Crippen LogP contribution in [0.4, 0.5) is 9.18 Å². The van der Waals surface area contributed by atoms with Crippen LogP contribution >= 0.6 is 11.6 Å². The average molecular weight is 366 g/mol. The molecule has 1 aromatic carbocycles. The lowest BCUT2D eigenvalue weighted by Gasteiger charge is -2.33. The molecule has 0 aromatic heterocycles. The number of hydrogen-bond donors (Lipinski definition) is 0. The van der Waals surface area contributed by atoms with Crippen LogP contribution in [0, 0.1) is 11.2 Å². The van der Waals surface area contributed by atoms with Crippen molar-refractivity contribution in [2.45, 2.75) is 52.1 Å². The van der Waals surface area contributed by atoms with Crippen LogP contribution in [0.2, 0.25) is 5.02 Å². The molecule has 1 spiro atoms. The quantitative estimate of drug-likeness (QED) is 0.641. The molecule has 0 bridgehead atoms. The minimum atomic E-state index is -0.467. The fraction of sp³-hybridized carbons (Fsp3) is 0.550. The maximum absolute atomic E-state index is 13.7. The summed E-state index contributed by atoms with van der Waals surface area (Å²) in [6.07, 6.45) is 5.77. The van der Waals surface area contributed by atoms with Gasteiger partial charge in [0.15, 0.2) is 0 Å². The van der Waals surface area contributed by atoms with Crippen molar-refractivity contribution in [2.24, 2.45) is 5.41 Å². The van der Waals surface area contributed by atoms with E-state index in [1.54, 1.807) is 6.07 Å². The summed E-state index contributed by atoms with van der Waals surface area (Å²) in [5, 5.41) is 0.153. The van der Waals surface area contributed by atoms with Crippen molar-refractivity contribution in [1.82, 2.24) is 4.90 Å². The fourth-order valence-corrected chi connectivity index (χ4v) is 3.81. The van der Waals surface area contributed by atoms with Gasteiger partial charge in [-0.2, -0.15) is 0 Å². The van der Waals surface area contributed by atoms with Crippen LogP contribution in [0.25, 0.3) is 5.57 Å². The number of allylic oxidation sites excluding steroid dienone is 2. The van der Waals surface area contributed by atoms with E-state index < -0.39 is 5.60 Å². The normalized spacial score (nSPS) is 23.7. The van der Waals surface area contributed by atoms with Crippen molar-refractivity contribution in [2.75, 3.05) is 13.1 Å². The molecule has 1 unspecified atom stereocenters. The molecular formula is C20H25ClFNO2. The molecule has 3 nitrogen and oxygen atoms in total. The van der Waals surface area contributed by atoms with Gasteiger partial charge in [0.25, 0.3) is 0 Å². The van der Waals surface area contributed by atoms with Crippen molar-refractivity contribution in [1.29, 1.82) is 0 Å². The van der Waals surface area contributed by atoms with E-state index >= 15 is 0 Å². The van der Waals surface area contributed by atoms with E-state index in [-0.39, 0.29) is 22.3 Å². The Labute approximate surface area is 153 Å². The van der Waals surface area contributed by atoms with Crippen molar-refractivity contribution in [3.8, 4) is 0 Å². The maximum atomic E-state index is 13.7. The molecule has 1 aromatic rings. The van der Waals surface area contributed by atoms with E-state index in [2.05, 4.69) is 6.08 Å². The number of likely N-dealkylation sites (tertiary alicyclic amines) is 1. The van der Waals surface area contributed by atoms with Crippen LogP contribution in [0.15, 0.2) is 24.3 Å². The summed E-state index contributed by atoms with van der Waals surface area (Å²) >= 11 is 5.77. The first-order chi connectivity index (χ1) is 11.7. The molecule has 1 fully saturated rings. The Balaban J connectivity index is 1.66. The molecule has 5 heteroatoms. The third-order valence-electron chi connectivity index (χ3n) is 5.09. The summed E-state index contributed by atoms with van der Waals surface area (Å²) in [6, 6.07) is 4.99. The number of benzene rings is 1. The van der Waals surface area contributed by atoms with Gasteiger partial charge in [-0.15, -0.1) is 0 Å². The SMILES string of the molecule is CC(C)(C)OC(=O)N1CCC2(CC=C(c3ccc(Cl)c(F)c3)CC2)C1. The molecule has 3 rings (SSSR count). The second-order valence-corrected chi connectivity index (χ2v) is 8.62. The minimum Gasteiger partial charge on any atom is -0.444 e. The predicted molar refractivity (Wildman–Crippen MR) is 98.1 cm³/mol. The molecule has 1 amide bonds. The first-order valence-corrected chi connectivity index (χ1v) is 9.18. The lowest BCUT2D eigenvalue weighted by molar-refractivity contribution is 0.0270. The van der Waals surface area contributed by atoms with Gasteiger partial charge >= 0.3 is 6.09 Å². The number of carbonyl (C=O) groups excluding carboxylic acids is 1. The topological polar surface area (TPSA) is 29.5 Å². The molecule has 0 saturated carbocycles. The van der Waals surface area contributed by atoms with Crippen LogP contribution in [0.1, 0.15) is 52.0 Å². The first kappa shape index (κ1) is 18.2. The monoisotopic (exact) mass is 365 g/mol. The summed E-state index contributed by atoms with van der Waals surface area (Å²) in [5.41, 5.74) is 1.73. The zero-order valence-electron chi connectivity index (χ0n) is 15.1. The Morgan fingerprint density at radius 1 is 1.32 bits per heavy atom. The van der Waals surface area contributed by atoms with Gasteiger partial charge in [-0.3, -0.25) is 0 Å². The number of hydrogen-bond acceptors (Lipinski definition) is 2. The Kier molecular flexibility index (Phi) is 4.84. The zero-order chi connectivity index (χ0) is 18.2. The smallest absolute Gasteiger partial charge is 0.410 e. The van der Waals surface area contributed by atoms with E-state index in [0.717, 1.165) is 49.9 Å². The van der Waals surface area contributed by atoms with Gasteiger partial charge in [-0.05, 0) is 75.1 Å². The fourth-order valence-electron chi connectivity index (χ4n) is 3.69. The van der Waals surface area contributed by atoms with E-state index in [0.29, 0.717) is 0 Å². The Bertz CT molecular complexity index is 710. The Morgan fingerprint density at radius 2 is 2.08 bits per heavy atom. The molecular weight excluding hydrogens is 341 g/mol. The number of ether oxygens (including phenoxy) is 1. The van der Waals surface area contributed by atoms with Crippen LogP contribution in [-0.4, -0.2) is 29.7 Å². The van der Waals surface area contributed by atoms with Gasteiger partial charge in [-0.25, -0.2) is 9.18 Å². The van der Waals surface area contributed by atoms with E-state index in [9.17, 15) is 9.18 Å². The molecule has 2 aliphatic rings. The standard InChI is InChI=1S/C20H25ClFNO2/c1-19(2,3)25-18(24)23-11-10-20(13-23)8-6-14(7-9-20)15-4-5-16(21)17(22)12-15/h4-6,12H,7-11,13H2,1-3H3. The molecule has 1 aliphatic heterocycles. The lowest BCUT2D eigenvalue weighted by Crippen LogP contribution is -2.37. The molecule has 136 valence electrons. The maximum Gasteiger partial charge on any atom is 0.410 e. The average Bonchev–Trinajstić information content (AvgIpc) is 2.93. The highest BCUT2D eigenvalue weighted by molar-refractivity contribution is 6.30. The second kappa shape index (κ2) is 6.64. The van der Waals surface area contributed by atoms with Crippen molar-refractivity contribution in [3.63, 3.8) is 0 Å². The highest BCUT2D eigenvalue weighted by atomic mass is 35.5. The van der Waals surface area contributed by atoms with E-state index in [1.165, 1.54) is 6.07 Å². The molecule has 1 aliphatic carbocycles. The Hall–Kier alpha value is -1.55. The van der Waals surface area contributed by atoms with Crippen LogP contribution in [0.5, 0.6) is 0 Å². The van der Waals surface area contributed by atoms with Gasteiger partial charge in [0.05, 0.1) is 5.02 Å². The predicted octanol–water partition coefficient (Wildman–Crippen LogP) is 5.67. The number of carbonyl (C=O) groups is 1. The summed E-state index contributed by atoms with van der Waals surface area (Å²) in [7, 11) is 0. The van der Waals surface area contributed by atoms with Crippen molar-refractivity contribution in [3.05, 3.63) is 40.7 Å². The molecule has 1 saturated heterocycles. The lowest BCUT2D eigenvalue weighted by atomic mass is 9.73. The third-order valence-corrected chi connectivity index (χ3v) is 5.39. The number of halogens is 2. The number of nitrogens with zero attached hydrogens (tertiary/aromatic N) is 1. The molecule has 1 heterocycles. The first-order valence-electron chi connectivity index (χ1n) is 8.80. The van der Waals surface area contributed by atoms with Crippen molar-refractivity contribution < 1.29 is 13.9 Å². The highest BCUT2D eigenvalue weighted by Crippen LogP contribution is 2.45. The third kappa shape index (κ3) is 4.17. The van der Waals surface area contributed by atoms with Crippen LogP contribution in [-0.2, 0) is 4.74 Å². The number of amides is 1. The van der Waals surface area contributed by atoms with Crippen LogP contribution in [0.3, 0.4) is 0 Å². The summed E-state index contributed by atoms with van der Waals surface area (Å²) in [5.74, 6) is -0.377. The second-order valence-electron chi connectivity index (χ2n) is 8.21. The summed E-state index contributed by atoms with van der Waals surface area (Å²) in [6.45, 7) is 7.14. The minimum absolute atomic E-state index is 0.130. The molecule has 1 atom stereocenters. The molecule has 0 radical (unpaired) electrons. The molecule has 0 N–H and O–H groups in total. The van der Waals surface area contributed by atoms with Gasteiger partial charge in [0, 0.05) is 13.1 Å². The van der Waals surface area contributed by atoms with E-state index in [1.807, 2.05) is 31.7 Å². The number of rotatable bonds is 1. The van der Waals surface area contributed by atoms with Crippen LogP contribution < -0.4 is 0 Å². The van der Waals surface area contributed by atoms with Gasteiger partial charge in [0.1, 0.15) is 11.4 Å². The highest BCUT2D eigenvalue weighted by Gasteiger charge is 2.41. The van der Waals surface area contributed by atoms with Gasteiger partial charge < -0.3 is 9.64 Å². The summed E-state index contributed by atoms with van der Waals surface area (Å²) < 4.78 is 19.2. The largest absolute Gasteiger partial charge is 0.444 e. The van der Waals surface area contributed by atoms with E-state index in [4.69, 9.17) is 16.3 Å². The Morgan fingerprint density at radius 3 is 2.68 bits per heavy atom. The van der Waals surface area contributed by atoms with Gasteiger partial charge in [-0.1, -0.05) is 23.7 Å². The molecule has 25 heavy (non-hydrogen) atoms.